The summed E-state index contributed by atoms with van der Waals surface area (Å²) in [7, 11) is 0. The molecule has 0 atom stereocenters. The van der Waals surface area contributed by atoms with Crippen LogP contribution in [0.3, 0.4) is 0 Å². The van der Waals surface area contributed by atoms with Crippen molar-refractivity contribution in [1.29, 1.82) is 0 Å². The van der Waals surface area contributed by atoms with Gasteiger partial charge in [-0.3, -0.25) is 0 Å². The Morgan fingerprint density at radius 1 is 0.298 bits per heavy atom. The van der Waals surface area contributed by atoms with Gasteiger partial charge in [-0.25, -0.2) is 15.0 Å². The Labute approximate surface area is 328 Å². The van der Waals surface area contributed by atoms with Crippen molar-refractivity contribution in [1.82, 2.24) is 19.5 Å². The first-order chi connectivity index (χ1) is 28.3. The Morgan fingerprint density at radius 3 is 1.26 bits per heavy atom. The molecule has 4 heteroatoms. The van der Waals surface area contributed by atoms with Crippen LogP contribution in [0.25, 0.3) is 116 Å². The van der Waals surface area contributed by atoms with Crippen LogP contribution in [0, 0.1) is 0 Å². The molecule has 264 valence electrons. The van der Waals surface area contributed by atoms with E-state index < -0.39 is 0 Å². The molecule has 0 spiro atoms. The summed E-state index contributed by atoms with van der Waals surface area (Å²) >= 11 is 0. The lowest BCUT2D eigenvalue weighted by Gasteiger charge is -2.18. The van der Waals surface area contributed by atoms with Crippen molar-refractivity contribution < 1.29 is 0 Å². The fourth-order valence-corrected chi connectivity index (χ4v) is 9.08. The zero-order chi connectivity index (χ0) is 37.5. The highest BCUT2D eigenvalue weighted by molar-refractivity contribution is 6.30. The molecule has 2 heterocycles. The average Bonchev–Trinajstić information content (AvgIpc) is 3.65. The molecular weight excluding hydrogens is 693 g/mol. The van der Waals surface area contributed by atoms with Gasteiger partial charge in [-0.15, -0.1) is 0 Å². The number of hydrogen-bond donors (Lipinski definition) is 0. The highest BCUT2D eigenvalue weighted by Gasteiger charge is 2.22. The van der Waals surface area contributed by atoms with E-state index >= 15 is 0 Å². The minimum absolute atomic E-state index is 0.631. The van der Waals surface area contributed by atoms with E-state index in [-0.39, 0.29) is 0 Å². The molecule has 0 fully saturated rings. The SMILES string of the molecule is c1ccc(-c2nc(-c3ccccc3)nc(-c3cc(-n4c5ccc6ccccc6c5c5c6ccccc6ccc54)cc4c5ccccc5c5ccccc5c34)n2)cc1. The molecule has 57 heavy (non-hydrogen) atoms. The molecule has 0 aliphatic heterocycles. The van der Waals surface area contributed by atoms with Gasteiger partial charge in [0.25, 0.3) is 0 Å². The van der Waals surface area contributed by atoms with Gasteiger partial charge in [0.15, 0.2) is 17.5 Å². The van der Waals surface area contributed by atoms with Crippen molar-refractivity contribution in [2.24, 2.45) is 0 Å². The second-order valence-electron chi connectivity index (χ2n) is 14.7. The van der Waals surface area contributed by atoms with Crippen LogP contribution in [0.2, 0.25) is 0 Å². The minimum Gasteiger partial charge on any atom is -0.309 e. The Balaban J connectivity index is 1.28. The van der Waals surface area contributed by atoms with Crippen LogP contribution in [0.15, 0.2) is 194 Å². The Bertz CT molecular complexity index is 3420. The Morgan fingerprint density at radius 2 is 0.719 bits per heavy atom. The van der Waals surface area contributed by atoms with E-state index in [4.69, 9.17) is 15.0 Å². The summed E-state index contributed by atoms with van der Waals surface area (Å²) in [5, 5.41) is 14.5. The first kappa shape index (κ1) is 31.6. The molecular formula is C53H32N4. The van der Waals surface area contributed by atoms with E-state index in [1.807, 2.05) is 36.4 Å². The summed E-state index contributed by atoms with van der Waals surface area (Å²) in [4.78, 5) is 15.7. The van der Waals surface area contributed by atoms with Gasteiger partial charge in [0.2, 0.25) is 0 Å². The molecule has 2 aromatic heterocycles. The smallest absolute Gasteiger partial charge is 0.164 e. The first-order valence-electron chi connectivity index (χ1n) is 19.4. The highest BCUT2D eigenvalue weighted by atomic mass is 15.0. The molecule has 0 saturated carbocycles. The van der Waals surface area contributed by atoms with E-state index in [1.165, 1.54) is 48.5 Å². The van der Waals surface area contributed by atoms with E-state index in [1.54, 1.807) is 0 Å². The second-order valence-corrected chi connectivity index (χ2v) is 14.7. The zero-order valence-corrected chi connectivity index (χ0v) is 30.8. The van der Waals surface area contributed by atoms with Gasteiger partial charge in [-0.05, 0) is 72.7 Å². The normalized spacial score (nSPS) is 11.9. The molecule has 12 rings (SSSR count). The number of aromatic nitrogens is 4. The summed E-state index contributed by atoms with van der Waals surface area (Å²) in [6.45, 7) is 0. The van der Waals surface area contributed by atoms with Crippen molar-refractivity contribution in [2.45, 2.75) is 0 Å². The van der Waals surface area contributed by atoms with Crippen molar-refractivity contribution >= 4 is 75.7 Å². The van der Waals surface area contributed by atoms with Crippen molar-refractivity contribution in [3.8, 4) is 39.9 Å². The summed E-state index contributed by atoms with van der Waals surface area (Å²) in [5.41, 5.74) is 6.19. The van der Waals surface area contributed by atoms with Gasteiger partial charge in [-0.2, -0.15) is 0 Å². The summed E-state index contributed by atoms with van der Waals surface area (Å²) in [6, 6.07) is 69.2. The number of rotatable bonds is 4. The summed E-state index contributed by atoms with van der Waals surface area (Å²) in [5.74, 6) is 1.91. The van der Waals surface area contributed by atoms with Crippen LogP contribution in [0.1, 0.15) is 0 Å². The lowest BCUT2D eigenvalue weighted by molar-refractivity contribution is 1.07. The molecule has 0 N–H and O–H groups in total. The average molecular weight is 725 g/mol. The van der Waals surface area contributed by atoms with Gasteiger partial charge in [-0.1, -0.05) is 170 Å². The fourth-order valence-electron chi connectivity index (χ4n) is 9.08. The molecule has 0 radical (unpaired) electrons. The van der Waals surface area contributed by atoms with Gasteiger partial charge < -0.3 is 4.57 Å². The van der Waals surface area contributed by atoms with Gasteiger partial charge >= 0.3 is 0 Å². The van der Waals surface area contributed by atoms with Crippen molar-refractivity contribution in [3.05, 3.63) is 194 Å². The summed E-state index contributed by atoms with van der Waals surface area (Å²) < 4.78 is 2.45. The van der Waals surface area contributed by atoms with E-state index in [9.17, 15) is 0 Å². The molecule has 0 unspecified atom stereocenters. The third-order valence-corrected chi connectivity index (χ3v) is 11.6. The molecule has 12 aromatic rings. The quantitative estimate of drug-likeness (QED) is 0.170. The standard InChI is InChI=1S/C53H32N4/c1-3-17-35(18-4-1)51-54-52(36-19-5-2-6-20-36)56-53(55-51)45-32-37(31-44-42-25-12-11-23-40(42)41-24-13-14-26-43(41)48(44)45)57-46-29-27-33-15-7-9-21-38(33)49(46)50-39-22-10-8-16-34(39)28-30-47(50)57/h1-32H. The van der Waals surface area contributed by atoms with Crippen LogP contribution < -0.4 is 0 Å². The predicted molar refractivity (Wildman–Crippen MR) is 238 cm³/mol. The number of benzene rings is 10. The molecule has 10 aromatic carbocycles. The van der Waals surface area contributed by atoms with Gasteiger partial charge in [0, 0.05) is 38.5 Å². The maximum atomic E-state index is 5.33. The zero-order valence-electron chi connectivity index (χ0n) is 30.8. The third-order valence-electron chi connectivity index (χ3n) is 11.6. The molecule has 0 aliphatic carbocycles. The predicted octanol–water partition coefficient (Wildman–Crippen LogP) is 13.7. The second kappa shape index (κ2) is 12.4. The Kier molecular flexibility index (Phi) is 6.89. The highest BCUT2D eigenvalue weighted by Crippen LogP contribution is 2.45. The van der Waals surface area contributed by atoms with Crippen LogP contribution in [0.5, 0.6) is 0 Å². The topological polar surface area (TPSA) is 43.6 Å². The van der Waals surface area contributed by atoms with Gasteiger partial charge in [0.1, 0.15) is 0 Å². The summed E-state index contributed by atoms with van der Waals surface area (Å²) in [6.07, 6.45) is 0. The maximum Gasteiger partial charge on any atom is 0.164 e. The number of nitrogens with zero attached hydrogens (tertiary/aromatic N) is 4. The monoisotopic (exact) mass is 724 g/mol. The van der Waals surface area contributed by atoms with Crippen molar-refractivity contribution in [3.63, 3.8) is 0 Å². The van der Waals surface area contributed by atoms with Crippen LogP contribution in [0.4, 0.5) is 0 Å². The lowest BCUT2D eigenvalue weighted by Crippen LogP contribution is -2.02. The van der Waals surface area contributed by atoms with Gasteiger partial charge in [0.05, 0.1) is 11.0 Å². The largest absolute Gasteiger partial charge is 0.309 e. The molecule has 0 aliphatic rings. The molecule has 4 nitrogen and oxygen atoms in total. The maximum absolute atomic E-state index is 5.33. The lowest BCUT2D eigenvalue weighted by atomic mass is 9.91. The van der Waals surface area contributed by atoms with E-state index in [0.29, 0.717) is 17.5 Å². The minimum atomic E-state index is 0.631. The Hall–Kier alpha value is -7.69. The third kappa shape index (κ3) is 4.84. The van der Waals surface area contributed by atoms with Crippen LogP contribution >= 0.6 is 0 Å². The number of fused-ring (bicyclic) bond motifs is 13. The molecule has 0 amide bonds. The number of hydrogen-bond acceptors (Lipinski definition) is 3. The molecule has 0 bridgehead atoms. The van der Waals surface area contributed by atoms with Crippen LogP contribution in [-0.4, -0.2) is 19.5 Å². The van der Waals surface area contributed by atoms with Crippen molar-refractivity contribution in [2.75, 3.05) is 0 Å². The molecule has 0 saturated heterocycles. The van der Waals surface area contributed by atoms with E-state index in [2.05, 4.69) is 162 Å². The van der Waals surface area contributed by atoms with Crippen LogP contribution in [-0.2, 0) is 0 Å². The fraction of sp³-hybridized carbons (Fsp3) is 0. The first-order valence-corrected chi connectivity index (χ1v) is 19.4. The van der Waals surface area contributed by atoms with E-state index in [0.717, 1.165) is 49.6 Å².